The molecule has 2 aromatic carbocycles. The number of sulfonamides is 1. The first-order valence-electron chi connectivity index (χ1n) is 15.1. The van der Waals surface area contributed by atoms with E-state index in [1.54, 1.807) is 9.21 Å². The van der Waals surface area contributed by atoms with E-state index in [1.807, 2.05) is 56.3 Å². The zero-order valence-electron chi connectivity index (χ0n) is 24.9. The number of fused-ring (bicyclic) bond motifs is 1. The molecule has 2 fully saturated rings. The van der Waals surface area contributed by atoms with Crippen molar-refractivity contribution in [3.05, 3.63) is 53.6 Å². The summed E-state index contributed by atoms with van der Waals surface area (Å²) in [5, 5.41) is 16.7. The Labute approximate surface area is 250 Å². The van der Waals surface area contributed by atoms with Gasteiger partial charge in [0.1, 0.15) is 5.54 Å². The lowest BCUT2D eigenvalue weighted by molar-refractivity contribution is -0.121. The molecule has 1 saturated carbocycles. The molecule has 2 heterocycles. The van der Waals surface area contributed by atoms with Crippen LogP contribution in [0.1, 0.15) is 69.9 Å². The number of hydrogen-bond acceptors (Lipinski definition) is 7. The number of piperidine rings is 1. The molecule has 10 heteroatoms. The molecule has 0 bridgehead atoms. The average molecular weight is 591 g/mol. The van der Waals surface area contributed by atoms with Crippen LogP contribution in [0.4, 0.5) is 17.1 Å². The summed E-state index contributed by atoms with van der Waals surface area (Å²) >= 11 is 0. The van der Waals surface area contributed by atoms with E-state index in [2.05, 4.69) is 16.7 Å². The fourth-order valence-electron chi connectivity index (χ4n) is 6.34. The Morgan fingerprint density at radius 3 is 2.33 bits per heavy atom. The minimum atomic E-state index is -3.11. The number of benzene rings is 2. The van der Waals surface area contributed by atoms with Gasteiger partial charge in [-0.05, 0) is 82.0 Å². The van der Waals surface area contributed by atoms with Crippen LogP contribution in [0.2, 0.25) is 0 Å². The molecule has 42 heavy (non-hydrogen) atoms. The third kappa shape index (κ3) is 6.69. The van der Waals surface area contributed by atoms with Gasteiger partial charge in [-0.25, -0.2) is 12.7 Å². The van der Waals surface area contributed by atoms with E-state index in [0.29, 0.717) is 37.2 Å². The molecule has 1 aliphatic carbocycles. The predicted octanol–water partition coefficient (Wildman–Crippen LogP) is 4.81. The molecule has 2 N–H and O–H groups in total. The first-order valence-corrected chi connectivity index (χ1v) is 16.9. The van der Waals surface area contributed by atoms with Crippen LogP contribution in [-0.2, 0) is 14.8 Å². The summed E-state index contributed by atoms with van der Waals surface area (Å²) in [6.07, 6.45) is 8.59. The van der Waals surface area contributed by atoms with Crippen molar-refractivity contribution >= 4 is 38.7 Å². The second kappa shape index (κ2) is 12.5. The summed E-state index contributed by atoms with van der Waals surface area (Å²) in [6, 6.07) is 16.0. The maximum absolute atomic E-state index is 14.1. The lowest BCUT2D eigenvalue weighted by Gasteiger charge is -2.30. The molecule has 5 rings (SSSR count). The minimum absolute atomic E-state index is 0.114. The molecule has 224 valence electrons. The third-order valence-corrected chi connectivity index (χ3v) is 10.0. The van der Waals surface area contributed by atoms with Crippen molar-refractivity contribution in [3.63, 3.8) is 0 Å². The number of nitrogens with zero attached hydrogens (tertiary/aromatic N) is 4. The maximum atomic E-state index is 14.1. The fourth-order valence-corrected chi connectivity index (χ4v) is 7.22. The second-order valence-electron chi connectivity index (χ2n) is 12.2. The van der Waals surface area contributed by atoms with E-state index in [1.165, 1.54) is 25.5 Å². The molecule has 1 amide bonds. The van der Waals surface area contributed by atoms with Crippen LogP contribution in [0.25, 0.3) is 0 Å². The molecule has 0 unspecified atom stereocenters. The zero-order chi connectivity index (χ0) is 29.9. The molecule has 1 saturated heterocycles. The largest absolute Gasteiger partial charge is 0.384 e. The Morgan fingerprint density at radius 2 is 1.69 bits per heavy atom. The molecule has 0 spiro atoms. The van der Waals surface area contributed by atoms with E-state index in [-0.39, 0.29) is 5.91 Å². The molecular weight excluding hydrogens is 548 g/mol. The topological polar surface area (TPSA) is 118 Å². The highest BCUT2D eigenvalue weighted by Crippen LogP contribution is 2.40. The maximum Gasteiger partial charge on any atom is 0.258 e. The van der Waals surface area contributed by atoms with Gasteiger partial charge in [-0.2, -0.15) is 5.26 Å². The van der Waals surface area contributed by atoms with Crippen molar-refractivity contribution < 1.29 is 13.2 Å². The fraction of sp³-hybridized carbons (Fsp3) is 0.531. The number of nitriles is 1. The van der Waals surface area contributed by atoms with Crippen molar-refractivity contribution in [3.8, 4) is 6.07 Å². The van der Waals surface area contributed by atoms with Crippen molar-refractivity contribution in [1.82, 2.24) is 9.62 Å². The highest BCUT2D eigenvalue weighted by atomic mass is 32.2. The normalized spacial score (nSPS) is 20.4. The van der Waals surface area contributed by atoms with Crippen molar-refractivity contribution in [2.24, 2.45) is 10.9 Å². The van der Waals surface area contributed by atoms with Gasteiger partial charge >= 0.3 is 0 Å². The average Bonchev–Trinajstić information content (AvgIpc) is 3.07. The third-order valence-electron chi connectivity index (χ3n) is 8.70. The number of aliphatic imine (C=N–C) groups is 1. The van der Waals surface area contributed by atoms with Gasteiger partial charge in [-0.1, -0.05) is 19.3 Å². The van der Waals surface area contributed by atoms with Gasteiger partial charge in [0.2, 0.25) is 10.0 Å². The Bertz CT molecular complexity index is 1460. The number of nitrogens with one attached hydrogen (secondary N) is 2. The summed E-state index contributed by atoms with van der Waals surface area (Å²) in [4.78, 5) is 20.9. The van der Waals surface area contributed by atoms with E-state index in [0.717, 1.165) is 60.6 Å². The standard InChI is InChI=1S/C32H42N6O3S/c1-32(2)31(39)38(29-21-23(22-33)9-14-28(29)30(36-32)24-7-5-4-6-8-24)27-12-10-25(11-13-27)34-17-18-35-26-15-19-37(20-16-26)42(3,40)41/h9-14,21,24,26,34-35H,4-8,15-20H2,1-3H3. The monoisotopic (exact) mass is 590 g/mol. The van der Waals surface area contributed by atoms with Crippen LogP contribution >= 0.6 is 0 Å². The van der Waals surface area contributed by atoms with Gasteiger partial charge in [0.15, 0.2) is 0 Å². The van der Waals surface area contributed by atoms with Gasteiger partial charge < -0.3 is 10.6 Å². The Hall–Kier alpha value is -3.26. The van der Waals surface area contributed by atoms with E-state index < -0.39 is 15.6 Å². The smallest absolute Gasteiger partial charge is 0.258 e. The van der Waals surface area contributed by atoms with Crippen molar-refractivity contribution in [2.45, 2.75) is 70.4 Å². The van der Waals surface area contributed by atoms with E-state index in [4.69, 9.17) is 4.99 Å². The Balaban J connectivity index is 1.29. The summed E-state index contributed by atoms with van der Waals surface area (Å²) in [7, 11) is -3.11. The van der Waals surface area contributed by atoms with Gasteiger partial charge in [0.25, 0.3) is 5.91 Å². The number of rotatable bonds is 8. The SMILES string of the molecule is CC1(C)N=C(C2CCCCC2)c2ccc(C#N)cc2N(c2ccc(NCCNC3CCN(S(C)(=O)=O)CC3)cc2)C1=O. The molecular formula is C32H42N6O3S. The van der Waals surface area contributed by atoms with Crippen LogP contribution in [0.3, 0.4) is 0 Å². The van der Waals surface area contributed by atoms with E-state index in [9.17, 15) is 18.5 Å². The summed E-state index contributed by atoms with van der Waals surface area (Å²) in [6.45, 7) is 6.36. The minimum Gasteiger partial charge on any atom is -0.384 e. The summed E-state index contributed by atoms with van der Waals surface area (Å²) < 4.78 is 25.0. The highest BCUT2D eigenvalue weighted by molar-refractivity contribution is 7.88. The quantitative estimate of drug-likeness (QED) is 0.426. The molecule has 0 aromatic heterocycles. The Kier molecular flexibility index (Phi) is 9.02. The first-order chi connectivity index (χ1) is 20.1. The number of amides is 1. The number of carbonyl (C=O) groups excluding carboxylic acids is 1. The molecule has 9 nitrogen and oxygen atoms in total. The number of benzodiazepines with no additional fused rings is 1. The molecule has 0 atom stereocenters. The van der Waals surface area contributed by atoms with Crippen LogP contribution in [0.15, 0.2) is 47.5 Å². The van der Waals surface area contributed by atoms with E-state index >= 15 is 0 Å². The van der Waals surface area contributed by atoms with Crippen LogP contribution in [0, 0.1) is 17.2 Å². The van der Waals surface area contributed by atoms with Crippen LogP contribution in [0.5, 0.6) is 0 Å². The zero-order valence-corrected chi connectivity index (χ0v) is 25.7. The highest BCUT2D eigenvalue weighted by Gasteiger charge is 2.40. The summed E-state index contributed by atoms with van der Waals surface area (Å²) in [5.74, 6) is 0.196. The van der Waals surface area contributed by atoms with Gasteiger partial charge in [0, 0.05) is 60.8 Å². The van der Waals surface area contributed by atoms with Gasteiger partial charge in [-0.15, -0.1) is 0 Å². The molecule has 2 aliphatic heterocycles. The van der Waals surface area contributed by atoms with Gasteiger partial charge in [-0.3, -0.25) is 14.7 Å². The lowest BCUT2D eigenvalue weighted by Crippen LogP contribution is -2.45. The second-order valence-corrected chi connectivity index (χ2v) is 14.2. The lowest BCUT2D eigenvalue weighted by atomic mass is 9.82. The van der Waals surface area contributed by atoms with Crippen LogP contribution in [-0.4, -0.2) is 68.4 Å². The number of anilines is 3. The number of carbonyl (C=O) groups is 1. The summed E-state index contributed by atoms with van der Waals surface area (Å²) in [5.41, 5.74) is 3.91. The predicted molar refractivity (Wildman–Crippen MR) is 168 cm³/mol. The molecule has 3 aliphatic rings. The number of hydrogen-bond donors (Lipinski definition) is 2. The first kappa shape index (κ1) is 30.2. The molecule has 0 radical (unpaired) electrons. The molecule has 2 aromatic rings. The van der Waals surface area contributed by atoms with Crippen molar-refractivity contribution in [2.75, 3.05) is 42.7 Å². The van der Waals surface area contributed by atoms with Gasteiger partial charge in [0.05, 0.1) is 23.6 Å². The van der Waals surface area contributed by atoms with Crippen LogP contribution < -0.4 is 15.5 Å². The Morgan fingerprint density at radius 1 is 1.00 bits per heavy atom. The van der Waals surface area contributed by atoms with Crippen molar-refractivity contribution in [1.29, 1.82) is 5.26 Å².